The third kappa shape index (κ3) is 4.37. The molecule has 0 radical (unpaired) electrons. The lowest BCUT2D eigenvalue weighted by atomic mass is 10.0. The minimum atomic E-state index is -1.03. The van der Waals surface area contributed by atoms with Crippen LogP contribution in [0.1, 0.15) is 26.3 Å². The number of hydrogen-bond acceptors (Lipinski definition) is 4. The fourth-order valence-corrected chi connectivity index (χ4v) is 1.98. The van der Waals surface area contributed by atoms with Gasteiger partial charge in [0.2, 0.25) is 5.91 Å². The van der Waals surface area contributed by atoms with Gasteiger partial charge in [-0.3, -0.25) is 14.6 Å². The molecular formula is C16H15N3O4. The molecule has 0 saturated heterocycles. The van der Waals surface area contributed by atoms with Gasteiger partial charge in [0.15, 0.2) is 0 Å². The molecule has 2 aromatic rings. The third-order valence-electron chi connectivity index (χ3n) is 3.21. The molecule has 2 rings (SSSR count). The predicted octanol–water partition coefficient (Wildman–Crippen LogP) is 0.606. The zero-order chi connectivity index (χ0) is 16.8. The van der Waals surface area contributed by atoms with Crippen LogP contribution in [0.5, 0.6) is 0 Å². The largest absolute Gasteiger partial charge is 0.478 e. The number of amides is 2. The lowest BCUT2D eigenvalue weighted by Gasteiger charge is -2.15. The first-order valence-electron chi connectivity index (χ1n) is 6.80. The van der Waals surface area contributed by atoms with Crippen molar-refractivity contribution in [1.82, 2.24) is 10.3 Å². The summed E-state index contributed by atoms with van der Waals surface area (Å²) in [5.41, 5.74) is 6.47. The Hall–Kier alpha value is -3.22. The number of aromatic nitrogens is 1. The Labute approximate surface area is 132 Å². The molecule has 0 unspecified atom stereocenters. The minimum absolute atomic E-state index is 0.142. The molecule has 0 bridgehead atoms. The maximum Gasteiger partial charge on any atom is 0.335 e. The molecule has 1 aromatic heterocycles. The Morgan fingerprint density at radius 1 is 1.13 bits per heavy atom. The van der Waals surface area contributed by atoms with E-state index in [4.69, 9.17) is 10.8 Å². The zero-order valence-electron chi connectivity index (χ0n) is 12.1. The molecule has 0 aliphatic heterocycles. The van der Waals surface area contributed by atoms with Crippen LogP contribution < -0.4 is 11.1 Å². The first-order valence-corrected chi connectivity index (χ1v) is 6.80. The van der Waals surface area contributed by atoms with E-state index in [2.05, 4.69) is 10.3 Å². The van der Waals surface area contributed by atoms with Crippen molar-refractivity contribution in [1.29, 1.82) is 0 Å². The summed E-state index contributed by atoms with van der Waals surface area (Å²) in [6, 6.07) is 8.29. The van der Waals surface area contributed by atoms with Crippen LogP contribution in [0.25, 0.3) is 0 Å². The fourth-order valence-electron chi connectivity index (χ4n) is 1.98. The number of nitrogens with one attached hydrogen (secondary N) is 1. The van der Waals surface area contributed by atoms with E-state index in [1.54, 1.807) is 24.3 Å². The second kappa shape index (κ2) is 7.17. The molecule has 7 nitrogen and oxygen atoms in total. The zero-order valence-corrected chi connectivity index (χ0v) is 12.1. The monoisotopic (exact) mass is 313 g/mol. The van der Waals surface area contributed by atoms with Crippen LogP contribution in [-0.2, 0) is 11.2 Å². The van der Waals surface area contributed by atoms with Gasteiger partial charge in [0.05, 0.1) is 11.1 Å². The van der Waals surface area contributed by atoms with Crippen LogP contribution in [0.3, 0.4) is 0 Å². The van der Waals surface area contributed by atoms with Crippen molar-refractivity contribution in [3.8, 4) is 0 Å². The normalized spacial score (nSPS) is 11.5. The Kier molecular flexibility index (Phi) is 5.03. The number of hydrogen-bond donors (Lipinski definition) is 3. The summed E-state index contributed by atoms with van der Waals surface area (Å²) < 4.78 is 0. The van der Waals surface area contributed by atoms with Crippen molar-refractivity contribution in [2.24, 2.45) is 5.73 Å². The molecule has 0 fully saturated rings. The summed E-state index contributed by atoms with van der Waals surface area (Å²) in [5.74, 6) is -2.17. The van der Waals surface area contributed by atoms with Gasteiger partial charge in [-0.15, -0.1) is 0 Å². The molecule has 0 aliphatic carbocycles. The van der Waals surface area contributed by atoms with Crippen molar-refractivity contribution < 1.29 is 19.5 Å². The Balaban J connectivity index is 2.08. The van der Waals surface area contributed by atoms with Crippen LogP contribution in [0.4, 0.5) is 0 Å². The minimum Gasteiger partial charge on any atom is -0.478 e. The number of rotatable bonds is 6. The maximum absolute atomic E-state index is 12.1. The second-order valence-corrected chi connectivity index (χ2v) is 4.88. The summed E-state index contributed by atoms with van der Waals surface area (Å²) in [7, 11) is 0. The van der Waals surface area contributed by atoms with Crippen molar-refractivity contribution in [2.75, 3.05) is 0 Å². The van der Waals surface area contributed by atoms with Crippen molar-refractivity contribution in [3.63, 3.8) is 0 Å². The summed E-state index contributed by atoms with van der Waals surface area (Å²) in [6.07, 6.45) is 3.09. The van der Waals surface area contributed by atoms with Gasteiger partial charge in [-0.25, -0.2) is 4.79 Å². The van der Waals surface area contributed by atoms with Crippen molar-refractivity contribution >= 4 is 17.8 Å². The Morgan fingerprint density at radius 2 is 1.83 bits per heavy atom. The summed E-state index contributed by atoms with van der Waals surface area (Å²) >= 11 is 0. The highest BCUT2D eigenvalue weighted by atomic mass is 16.4. The van der Waals surface area contributed by atoms with Crippen LogP contribution in [0.15, 0.2) is 48.8 Å². The average molecular weight is 313 g/mol. The van der Waals surface area contributed by atoms with E-state index < -0.39 is 23.8 Å². The van der Waals surface area contributed by atoms with E-state index in [1.165, 1.54) is 24.5 Å². The van der Waals surface area contributed by atoms with Crippen molar-refractivity contribution in [3.05, 3.63) is 65.5 Å². The SMILES string of the molecule is NC(=O)[C@@H](Cc1ccc(C(=O)O)cc1)NC(=O)c1cccnc1. The number of carbonyl (C=O) groups excluding carboxylic acids is 2. The first kappa shape index (κ1) is 16.2. The van der Waals surface area contributed by atoms with E-state index in [9.17, 15) is 14.4 Å². The number of primary amides is 1. The van der Waals surface area contributed by atoms with Gasteiger partial charge in [-0.05, 0) is 29.8 Å². The molecule has 7 heteroatoms. The molecule has 1 atom stereocenters. The lowest BCUT2D eigenvalue weighted by Crippen LogP contribution is -2.45. The number of carboxylic acids is 1. The molecule has 118 valence electrons. The Morgan fingerprint density at radius 3 is 2.35 bits per heavy atom. The lowest BCUT2D eigenvalue weighted by molar-refractivity contribution is -0.119. The first-order chi connectivity index (χ1) is 11.0. The number of benzene rings is 1. The topological polar surface area (TPSA) is 122 Å². The van der Waals surface area contributed by atoms with Gasteiger partial charge in [0.1, 0.15) is 6.04 Å². The van der Waals surface area contributed by atoms with Crippen LogP contribution in [0, 0.1) is 0 Å². The van der Waals surface area contributed by atoms with Gasteiger partial charge in [-0.2, -0.15) is 0 Å². The predicted molar refractivity (Wildman–Crippen MR) is 81.8 cm³/mol. The molecule has 0 aliphatic rings. The summed E-state index contributed by atoms with van der Waals surface area (Å²) in [5, 5.41) is 11.4. The molecule has 1 aromatic carbocycles. The standard InChI is InChI=1S/C16H15N3O4/c17-14(20)13(19-15(21)12-2-1-7-18-9-12)8-10-3-5-11(6-4-10)16(22)23/h1-7,9,13H,8H2,(H2,17,20)(H,19,21)(H,22,23)/t13-/m1/s1. The van der Waals surface area contributed by atoms with Crippen LogP contribution >= 0.6 is 0 Å². The number of pyridine rings is 1. The van der Waals surface area contributed by atoms with E-state index >= 15 is 0 Å². The van der Waals surface area contributed by atoms with Gasteiger partial charge in [0, 0.05) is 18.8 Å². The Bertz CT molecular complexity index is 714. The van der Waals surface area contributed by atoms with Crippen molar-refractivity contribution in [2.45, 2.75) is 12.5 Å². The van der Waals surface area contributed by atoms with Crippen LogP contribution in [0.2, 0.25) is 0 Å². The quantitative estimate of drug-likeness (QED) is 0.721. The molecule has 0 saturated carbocycles. The highest BCUT2D eigenvalue weighted by molar-refractivity contribution is 5.97. The third-order valence-corrected chi connectivity index (χ3v) is 3.21. The van der Waals surface area contributed by atoms with E-state index in [1.807, 2.05) is 0 Å². The van der Waals surface area contributed by atoms with Crippen LogP contribution in [-0.4, -0.2) is 33.9 Å². The number of nitrogens with two attached hydrogens (primary N) is 1. The second-order valence-electron chi connectivity index (χ2n) is 4.88. The van der Waals surface area contributed by atoms with Gasteiger partial charge in [0.25, 0.3) is 5.91 Å². The molecule has 2 amide bonds. The van der Waals surface area contributed by atoms with Gasteiger partial charge >= 0.3 is 5.97 Å². The number of nitrogens with zero attached hydrogens (tertiary/aromatic N) is 1. The van der Waals surface area contributed by atoms with E-state index in [-0.39, 0.29) is 12.0 Å². The smallest absolute Gasteiger partial charge is 0.335 e. The fraction of sp³-hybridized carbons (Fsp3) is 0.125. The summed E-state index contributed by atoms with van der Waals surface area (Å²) in [4.78, 5) is 38.2. The molecular weight excluding hydrogens is 298 g/mol. The summed E-state index contributed by atoms with van der Waals surface area (Å²) in [6.45, 7) is 0. The number of aromatic carboxylic acids is 1. The number of carboxylic acid groups (broad SMARTS) is 1. The maximum atomic E-state index is 12.1. The molecule has 4 N–H and O–H groups in total. The highest BCUT2D eigenvalue weighted by Gasteiger charge is 2.19. The van der Waals surface area contributed by atoms with Gasteiger partial charge in [-0.1, -0.05) is 12.1 Å². The van der Waals surface area contributed by atoms with E-state index in [0.717, 1.165) is 0 Å². The average Bonchev–Trinajstić information content (AvgIpc) is 2.55. The molecule has 0 spiro atoms. The number of carbonyl (C=O) groups is 3. The molecule has 23 heavy (non-hydrogen) atoms. The van der Waals surface area contributed by atoms with Gasteiger partial charge < -0.3 is 16.2 Å². The molecule has 1 heterocycles. The highest BCUT2D eigenvalue weighted by Crippen LogP contribution is 2.08. The van der Waals surface area contributed by atoms with E-state index in [0.29, 0.717) is 11.1 Å².